The summed E-state index contributed by atoms with van der Waals surface area (Å²) in [5.41, 5.74) is 1.41. The number of aromatic amines is 1. The zero-order valence-electron chi connectivity index (χ0n) is 11.0. The average Bonchev–Trinajstić information content (AvgIpc) is 2.95. The number of carbonyl (C=O) groups excluding carboxylic acids is 1. The Morgan fingerprint density at radius 1 is 1.61 bits per heavy atom. The number of hydrogen-bond acceptors (Lipinski definition) is 4. The van der Waals surface area contributed by atoms with Crippen LogP contribution in [-0.4, -0.2) is 60.5 Å². The van der Waals surface area contributed by atoms with E-state index in [1.54, 1.807) is 20.4 Å². The molecular weight excluding hydrogens is 234 g/mol. The molecule has 0 radical (unpaired) electrons. The minimum atomic E-state index is -0.0112. The molecule has 1 N–H and O–H groups in total. The van der Waals surface area contributed by atoms with Gasteiger partial charge in [0.1, 0.15) is 0 Å². The highest BCUT2D eigenvalue weighted by atomic mass is 16.5. The van der Waals surface area contributed by atoms with Gasteiger partial charge in [-0.05, 0) is 13.3 Å². The maximum absolute atomic E-state index is 12.4. The largest absolute Gasteiger partial charge is 0.383 e. The number of methoxy groups -OCH3 is 2. The summed E-state index contributed by atoms with van der Waals surface area (Å²) in [6, 6.07) is 0.0711. The van der Waals surface area contributed by atoms with Gasteiger partial charge in [0, 0.05) is 26.5 Å². The molecule has 1 aromatic rings. The van der Waals surface area contributed by atoms with Crippen LogP contribution < -0.4 is 0 Å². The first-order chi connectivity index (χ1) is 8.67. The first kappa shape index (κ1) is 13.0. The third-order valence-corrected chi connectivity index (χ3v) is 3.39. The minimum absolute atomic E-state index is 0.0112. The lowest BCUT2D eigenvalue weighted by Crippen LogP contribution is -2.38. The molecule has 1 aliphatic heterocycles. The molecule has 0 aromatic carbocycles. The fourth-order valence-corrected chi connectivity index (χ4v) is 2.36. The summed E-state index contributed by atoms with van der Waals surface area (Å²) in [4.78, 5) is 14.2. The van der Waals surface area contributed by atoms with Gasteiger partial charge in [0.2, 0.25) is 0 Å². The molecule has 1 aliphatic rings. The Morgan fingerprint density at radius 3 is 2.94 bits per heavy atom. The van der Waals surface area contributed by atoms with Crippen LogP contribution in [0.1, 0.15) is 22.5 Å². The van der Waals surface area contributed by atoms with Gasteiger partial charge >= 0.3 is 0 Å². The second-order valence-corrected chi connectivity index (χ2v) is 4.57. The lowest BCUT2D eigenvalue weighted by molar-refractivity contribution is 0.0611. The van der Waals surface area contributed by atoms with Crippen molar-refractivity contribution < 1.29 is 14.3 Å². The molecule has 1 saturated heterocycles. The molecule has 100 valence electrons. The van der Waals surface area contributed by atoms with E-state index in [-0.39, 0.29) is 18.1 Å². The average molecular weight is 253 g/mol. The van der Waals surface area contributed by atoms with Crippen molar-refractivity contribution in [1.29, 1.82) is 0 Å². The van der Waals surface area contributed by atoms with Crippen molar-refractivity contribution in [3.05, 3.63) is 17.5 Å². The molecule has 0 unspecified atom stereocenters. The number of H-pyrrole nitrogens is 1. The first-order valence-electron chi connectivity index (χ1n) is 6.00. The number of ether oxygens (including phenoxy) is 2. The smallest absolute Gasteiger partial charge is 0.257 e. The molecule has 2 rings (SSSR count). The highest BCUT2D eigenvalue weighted by Crippen LogP contribution is 2.23. The van der Waals surface area contributed by atoms with Crippen LogP contribution >= 0.6 is 0 Å². The third-order valence-electron chi connectivity index (χ3n) is 3.39. The molecule has 6 nitrogen and oxygen atoms in total. The fraction of sp³-hybridized carbons (Fsp3) is 0.667. The highest BCUT2D eigenvalue weighted by Gasteiger charge is 2.36. The number of amides is 1. The Bertz CT molecular complexity index is 418. The fourth-order valence-electron chi connectivity index (χ4n) is 2.36. The maximum Gasteiger partial charge on any atom is 0.257 e. The van der Waals surface area contributed by atoms with Crippen LogP contribution in [0, 0.1) is 6.92 Å². The quantitative estimate of drug-likeness (QED) is 0.853. The first-order valence-corrected chi connectivity index (χ1v) is 6.00. The summed E-state index contributed by atoms with van der Waals surface area (Å²) >= 11 is 0. The molecule has 0 aliphatic carbocycles. The number of aromatic nitrogens is 2. The number of nitrogens with one attached hydrogen (secondary N) is 1. The molecule has 2 heterocycles. The number of nitrogens with zero attached hydrogens (tertiary/aromatic N) is 2. The number of likely N-dealkylation sites (tertiary alicyclic amines) is 1. The Hall–Kier alpha value is -1.40. The van der Waals surface area contributed by atoms with Crippen LogP contribution in [0.15, 0.2) is 6.20 Å². The van der Waals surface area contributed by atoms with Gasteiger partial charge in [0.05, 0.1) is 30.5 Å². The van der Waals surface area contributed by atoms with Crippen LogP contribution in [0.25, 0.3) is 0 Å². The van der Waals surface area contributed by atoms with E-state index in [0.29, 0.717) is 18.7 Å². The number of aryl methyl sites for hydroxylation is 1. The molecular formula is C12H19N3O3. The zero-order chi connectivity index (χ0) is 13.1. The van der Waals surface area contributed by atoms with Crippen LogP contribution in [0.3, 0.4) is 0 Å². The maximum atomic E-state index is 12.4. The van der Waals surface area contributed by atoms with E-state index in [9.17, 15) is 4.79 Å². The Kier molecular flexibility index (Phi) is 3.98. The summed E-state index contributed by atoms with van der Waals surface area (Å²) in [6.45, 7) is 2.98. The van der Waals surface area contributed by atoms with Gasteiger partial charge in [0.15, 0.2) is 0 Å². The van der Waals surface area contributed by atoms with Gasteiger partial charge in [-0.3, -0.25) is 9.89 Å². The van der Waals surface area contributed by atoms with Crippen molar-refractivity contribution in [2.24, 2.45) is 0 Å². The normalized spacial score (nSPS) is 23.6. The van der Waals surface area contributed by atoms with Crippen molar-refractivity contribution in [2.45, 2.75) is 25.5 Å². The van der Waals surface area contributed by atoms with Crippen molar-refractivity contribution >= 4 is 5.91 Å². The predicted octanol–water partition coefficient (Wildman–Crippen LogP) is 0.594. The third kappa shape index (κ3) is 2.39. The van der Waals surface area contributed by atoms with E-state index >= 15 is 0 Å². The predicted molar refractivity (Wildman–Crippen MR) is 65.4 cm³/mol. The molecule has 0 spiro atoms. The van der Waals surface area contributed by atoms with Gasteiger partial charge in [-0.15, -0.1) is 0 Å². The molecule has 2 atom stereocenters. The lowest BCUT2D eigenvalue weighted by Gasteiger charge is -2.23. The minimum Gasteiger partial charge on any atom is -0.383 e. The molecule has 1 fully saturated rings. The molecule has 0 saturated carbocycles. The monoisotopic (exact) mass is 253 g/mol. The summed E-state index contributed by atoms with van der Waals surface area (Å²) in [6.07, 6.45) is 2.47. The van der Waals surface area contributed by atoms with Gasteiger partial charge in [0.25, 0.3) is 5.91 Å². The summed E-state index contributed by atoms with van der Waals surface area (Å²) in [5.74, 6) is -0.0112. The van der Waals surface area contributed by atoms with Gasteiger partial charge < -0.3 is 14.4 Å². The van der Waals surface area contributed by atoms with E-state index in [1.165, 1.54) is 0 Å². The second-order valence-electron chi connectivity index (χ2n) is 4.57. The van der Waals surface area contributed by atoms with E-state index in [1.807, 2.05) is 11.8 Å². The molecule has 18 heavy (non-hydrogen) atoms. The Morgan fingerprint density at radius 2 is 2.39 bits per heavy atom. The molecule has 6 heteroatoms. The van der Waals surface area contributed by atoms with Crippen LogP contribution in [0.2, 0.25) is 0 Å². The number of carbonyl (C=O) groups is 1. The Labute approximate surface area is 106 Å². The van der Waals surface area contributed by atoms with Crippen molar-refractivity contribution in [1.82, 2.24) is 15.1 Å². The van der Waals surface area contributed by atoms with Crippen molar-refractivity contribution in [3.63, 3.8) is 0 Å². The Balaban J connectivity index is 2.15. The lowest BCUT2D eigenvalue weighted by atomic mass is 10.2. The van der Waals surface area contributed by atoms with E-state index in [0.717, 1.165) is 12.1 Å². The number of rotatable bonds is 4. The number of hydrogen-bond donors (Lipinski definition) is 1. The molecule has 0 bridgehead atoms. The molecule has 1 aromatic heterocycles. The summed E-state index contributed by atoms with van der Waals surface area (Å²) in [7, 11) is 3.32. The van der Waals surface area contributed by atoms with E-state index in [2.05, 4.69) is 10.2 Å². The van der Waals surface area contributed by atoms with E-state index < -0.39 is 0 Å². The van der Waals surface area contributed by atoms with Gasteiger partial charge in [-0.1, -0.05) is 0 Å². The summed E-state index contributed by atoms with van der Waals surface area (Å²) in [5, 5.41) is 6.67. The zero-order valence-corrected chi connectivity index (χ0v) is 11.0. The topological polar surface area (TPSA) is 67.5 Å². The van der Waals surface area contributed by atoms with Crippen LogP contribution in [0.4, 0.5) is 0 Å². The van der Waals surface area contributed by atoms with E-state index in [4.69, 9.17) is 9.47 Å². The second kappa shape index (κ2) is 5.49. The van der Waals surface area contributed by atoms with Crippen LogP contribution in [-0.2, 0) is 9.47 Å². The standard InChI is InChI=1S/C12H19N3O3/c1-8-11(5-13-14-8)12(16)15-6-10(18-3)4-9(15)7-17-2/h5,9-10H,4,6-7H2,1-3H3,(H,13,14)/t9-,10-/m0/s1. The van der Waals surface area contributed by atoms with Crippen LogP contribution in [0.5, 0.6) is 0 Å². The van der Waals surface area contributed by atoms with Crippen molar-refractivity contribution in [2.75, 3.05) is 27.4 Å². The van der Waals surface area contributed by atoms with Gasteiger partial charge in [-0.2, -0.15) is 5.10 Å². The van der Waals surface area contributed by atoms with Crippen molar-refractivity contribution in [3.8, 4) is 0 Å². The summed E-state index contributed by atoms with van der Waals surface area (Å²) < 4.78 is 10.5. The SMILES string of the molecule is COC[C@@H]1C[C@H](OC)CN1C(=O)c1cn[nH]c1C. The van der Waals surface area contributed by atoms with Gasteiger partial charge in [-0.25, -0.2) is 0 Å². The molecule has 1 amide bonds. The highest BCUT2D eigenvalue weighted by molar-refractivity contribution is 5.95.